The van der Waals surface area contributed by atoms with Crippen LogP contribution in [-0.2, 0) is 6.54 Å². The standard InChI is InChI=1S/C16H27BrN2O/c1-13(2)19(3)10-6-5-9-18-12-14-7-8-16(20-4)15(17)11-14/h7-8,11,13,18H,5-6,9-10,12H2,1-4H3. The smallest absolute Gasteiger partial charge is 0.133 e. The molecule has 0 aromatic heterocycles. The Morgan fingerprint density at radius 1 is 1.30 bits per heavy atom. The number of hydrogen-bond acceptors (Lipinski definition) is 3. The summed E-state index contributed by atoms with van der Waals surface area (Å²) in [5.74, 6) is 0.880. The molecular weight excluding hydrogens is 316 g/mol. The monoisotopic (exact) mass is 342 g/mol. The maximum Gasteiger partial charge on any atom is 0.133 e. The summed E-state index contributed by atoms with van der Waals surface area (Å²) in [5, 5.41) is 3.49. The van der Waals surface area contributed by atoms with Gasteiger partial charge in [-0.25, -0.2) is 0 Å². The Balaban J connectivity index is 2.17. The molecule has 1 rings (SSSR count). The molecule has 0 bridgehead atoms. The molecule has 0 heterocycles. The first-order valence-electron chi connectivity index (χ1n) is 7.28. The number of benzene rings is 1. The lowest BCUT2D eigenvalue weighted by molar-refractivity contribution is 0.268. The van der Waals surface area contributed by atoms with Gasteiger partial charge < -0.3 is 15.0 Å². The summed E-state index contributed by atoms with van der Waals surface area (Å²) in [5.41, 5.74) is 1.27. The SMILES string of the molecule is COc1ccc(CNCCCCN(C)C(C)C)cc1Br. The molecule has 0 saturated carbocycles. The summed E-state index contributed by atoms with van der Waals surface area (Å²) in [7, 11) is 3.87. The summed E-state index contributed by atoms with van der Waals surface area (Å²) in [4.78, 5) is 2.39. The average molecular weight is 343 g/mol. The second-order valence-corrected chi connectivity index (χ2v) is 6.28. The molecule has 1 N–H and O–H groups in total. The molecule has 3 nitrogen and oxygen atoms in total. The number of hydrogen-bond donors (Lipinski definition) is 1. The van der Waals surface area contributed by atoms with E-state index in [4.69, 9.17) is 4.74 Å². The number of unbranched alkanes of at least 4 members (excludes halogenated alkanes) is 1. The second-order valence-electron chi connectivity index (χ2n) is 5.43. The number of ether oxygens (including phenoxy) is 1. The largest absolute Gasteiger partial charge is 0.496 e. The summed E-state index contributed by atoms with van der Waals surface area (Å²) in [6.45, 7) is 7.62. The first kappa shape index (κ1) is 17.5. The molecule has 0 aliphatic carbocycles. The molecule has 0 amide bonds. The van der Waals surface area contributed by atoms with Gasteiger partial charge in [-0.3, -0.25) is 0 Å². The number of nitrogens with zero attached hydrogens (tertiary/aromatic N) is 1. The van der Waals surface area contributed by atoms with Gasteiger partial charge in [0.2, 0.25) is 0 Å². The van der Waals surface area contributed by atoms with E-state index in [1.165, 1.54) is 24.9 Å². The summed E-state index contributed by atoms with van der Waals surface area (Å²) in [6, 6.07) is 6.85. The van der Waals surface area contributed by atoms with Crippen LogP contribution >= 0.6 is 15.9 Å². The number of halogens is 1. The molecular formula is C16H27BrN2O. The molecule has 0 saturated heterocycles. The van der Waals surface area contributed by atoms with Gasteiger partial charge in [-0.15, -0.1) is 0 Å². The molecule has 114 valence electrons. The molecule has 0 unspecified atom stereocenters. The zero-order valence-corrected chi connectivity index (χ0v) is 14.7. The Labute approximate surface area is 131 Å². The van der Waals surface area contributed by atoms with Crippen LogP contribution in [-0.4, -0.2) is 38.2 Å². The highest BCUT2D eigenvalue weighted by atomic mass is 79.9. The topological polar surface area (TPSA) is 24.5 Å². The molecule has 0 aliphatic heterocycles. The number of rotatable bonds is 9. The van der Waals surface area contributed by atoms with E-state index in [2.05, 4.69) is 59.2 Å². The van der Waals surface area contributed by atoms with Crippen molar-refractivity contribution in [3.63, 3.8) is 0 Å². The van der Waals surface area contributed by atoms with Gasteiger partial charge >= 0.3 is 0 Å². The third kappa shape index (κ3) is 6.25. The Kier molecular flexibility index (Phi) is 8.19. The van der Waals surface area contributed by atoms with Crippen molar-refractivity contribution in [3.05, 3.63) is 28.2 Å². The quantitative estimate of drug-likeness (QED) is 0.693. The zero-order chi connectivity index (χ0) is 15.0. The summed E-state index contributed by atoms with van der Waals surface area (Å²) >= 11 is 3.51. The molecule has 1 aromatic carbocycles. The Bertz CT molecular complexity index is 396. The van der Waals surface area contributed by atoms with Crippen LogP contribution in [0.5, 0.6) is 5.75 Å². The van der Waals surface area contributed by atoms with E-state index in [0.29, 0.717) is 6.04 Å². The van der Waals surface area contributed by atoms with E-state index in [-0.39, 0.29) is 0 Å². The van der Waals surface area contributed by atoms with Crippen molar-refractivity contribution in [2.24, 2.45) is 0 Å². The first-order chi connectivity index (χ1) is 9.54. The molecule has 0 atom stereocenters. The van der Waals surface area contributed by atoms with Crippen molar-refractivity contribution < 1.29 is 4.74 Å². The highest BCUT2D eigenvalue weighted by molar-refractivity contribution is 9.10. The third-order valence-corrected chi connectivity index (χ3v) is 4.16. The molecule has 4 heteroatoms. The van der Waals surface area contributed by atoms with Crippen LogP contribution in [0.25, 0.3) is 0 Å². The van der Waals surface area contributed by atoms with Crippen molar-refractivity contribution in [1.29, 1.82) is 0 Å². The lowest BCUT2D eigenvalue weighted by atomic mass is 10.2. The van der Waals surface area contributed by atoms with Crippen LogP contribution in [0, 0.1) is 0 Å². The first-order valence-corrected chi connectivity index (χ1v) is 8.07. The fourth-order valence-corrected chi connectivity index (χ4v) is 2.51. The Hall–Kier alpha value is -0.580. The van der Waals surface area contributed by atoms with E-state index >= 15 is 0 Å². The lowest BCUT2D eigenvalue weighted by Gasteiger charge is -2.20. The molecule has 0 fully saturated rings. The van der Waals surface area contributed by atoms with Crippen LogP contribution in [0.4, 0.5) is 0 Å². The molecule has 0 aliphatic rings. The van der Waals surface area contributed by atoms with Crippen LogP contribution < -0.4 is 10.1 Å². The maximum atomic E-state index is 5.23. The molecule has 0 spiro atoms. The van der Waals surface area contributed by atoms with Gasteiger partial charge in [-0.2, -0.15) is 0 Å². The van der Waals surface area contributed by atoms with Crippen LogP contribution in [0.3, 0.4) is 0 Å². The minimum absolute atomic E-state index is 0.639. The van der Waals surface area contributed by atoms with Crippen molar-refractivity contribution >= 4 is 15.9 Å². The van der Waals surface area contributed by atoms with Crippen LogP contribution in [0.2, 0.25) is 0 Å². The fraction of sp³-hybridized carbons (Fsp3) is 0.625. The number of methoxy groups -OCH3 is 1. The van der Waals surface area contributed by atoms with Crippen molar-refractivity contribution in [1.82, 2.24) is 10.2 Å². The Morgan fingerprint density at radius 2 is 2.05 bits per heavy atom. The molecule has 20 heavy (non-hydrogen) atoms. The van der Waals surface area contributed by atoms with Crippen LogP contribution in [0.1, 0.15) is 32.3 Å². The predicted octanol–water partition coefficient (Wildman–Crippen LogP) is 3.67. The van der Waals surface area contributed by atoms with Crippen molar-refractivity contribution in [3.8, 4) is 5.75 Å². The van der Waals surface area contributed by atoms with Gasteiger partial charge in [0.1, 0.15) is 5.75 Å². The second kappa shape index (κ2) is 9.37. The summed E-state index contributed by atoms with van der Waals surface area (Å²) in [6.07, 6.45) is 2.46. The molecule has 0 radical (unpaired) electrons. The zero-order valence-electron chi connectivity index (χ0n) is 13.1. The lowest BCUT2D eigenvalue weighted by Crippen LogP contribution is -2.27. The summed E-state index contributed by atoms with van der Waals surface area (Å²) < 4.78 is 6.24. The Morgan fingerprint density at radius 3 is 2.65 bits per heavy atom. The van der Waals surface area contributed by atoms with Crippen molar-refractivity contribution in [2.75, 3.05) is 27.2 Å². The minimum atomic E-state index is 0.639. The normalized spacial score (nSPS) is 11.3. The van der Waals surface area contributed by atoms with E-state index in [1.54, 1.807) is 7.11 Å². The van der Waals surface area contributed by atoms with Gasteiger partial charge in [-0.05, 0) is 80.5 Å². The maximum absolute atomic E-state index is 5.23. The van der Waals surface area contributed by atoms with Gasteiger partial charge in [0.05, 0.1) is 11.6 Å². The van der Waals surface area contributed by atoms with Gasteiger partial charge in [-0.1, -0.05) is 6.07 Å². The van der Waals surface area contributed by atoms with Gasteiger partial charge in [0, 0.05) is 12.6 Å². The van der Waals surface area contributed by atoms with E-state index in [0.717, 1.165) is 23.3 Å². The minimum Gasteiger partial charge on any atom is -0.496 e. The van der Waals surface area contributed by atoms with Gasteiger partial charge in [0.25, 0.3) is 0 Å². The predicted molar refractivity (Wildman–Crippen MR) is 89.4 cm³/mol. The van der Waals surface area contributed by atoms with Crippen LogP contribution in [0.15, 0.2) is 22.7 Å². The average Bonchev–Trinajstić information content (AvgIpc) is 2.42. The highest BCUT2D eigenvalue weighted by Gasteiger charge is 2.03. The van der Waals surface area contributed by atoms with E-state index in [9.17, 15) is 0 Å². The highest BCUT2D eigenvalue weighted by Crippen LogP contribution is 2.25. The van der Waals surface area contributed by atoms with E-state index in [1.807, 2.05) is 6.07 Å². The molecule has 1 aromatic rings. The fourth-order valence-electron chi connectivity index (χ4n) is 1.92. The van der Waals surface area contributed by atoms with E-state index < -0.39 is 0 Å². The van der Waals surface area contributed by atoms with Crippen molar-refractivity contribution in [2.45, 2.75) is 39.3 Å². The van der Waals surface area contributed by atoms with Gasteiger partial charge in [0.15, 0.2) is 0 Å². The number of nitrogens with one attached hydrogen (secondary N) is 1. The third-order valence-electron chi connectivity index (χ3n) is 3.54.